The van der Waals surface area contributed by atoms with E-state index >= 15 is 0 Å². The van der Waals surface area contributed by atoms with Crippen molar-refractivity contribution in [3.63, 3.8) is 0 Å². The molecule has 0 bridgehead atoms. The molecule has 0 aliphatic rings. The number of halogens is 2. The molecule has 9 nitrogen and oxygen atoms in total. The Morgan fingerprint density at radius 2 is 1.49 bits per heavy atom. The van der Waals surface area contributed by atoms with Crippen LogP contribution in [0.2, 0.25) is 10.0 Å². The molecule has 1 aromatic heterocycles. The molecule has 0 saturated heterocycles. The number of carbonyl (C=O) groups excluding carboxylic acids is 3. The lowest BCUT2D eigenvalue weighted by Gasteiger charge is -2.23. The summed E-state index contributed by atoms with van der Waals surface area (Å²) in [4.78, 5) is 43.0. The highest BCUT2D eigenvalue weighted by Gasteiger charge is 2.29. The molecule has 2 amide bonds. The average molecular weight is 600 g/mol. The highest BCUT2D eigenvalue weighted by molar-refractivity contribution is 6.31. The molecule has 1 heterocycles. The Labute approximate surface area is 248 Å². The Morgan fingerprint density at radius 3 is 1.98 bits per heavy atom. The molecular weight excluding hydrogens is 569 g/mol. The van der Waals surface area contributed by atoms with Crippen molar-refractivity contribution in [2.45, 2.75) is 33.7 Å². The third kappa shape index (κ3) is 8.22. The van der Waals surface area contributed by atoms with Crippen LogP contribution in [0.25, 0.3) is 5.57 Å². The van der Waals surface area contributed by atoms with Crippen LogP contribution in [0.5, 0.6) is 11.5 Å². The number of hydrogen-bond acceptors (Lipinski definition) is 7. The van der Waals surface area contributed by atoms with Crippen LogP contribution in [0, 0.1) is 5.92 Å². The summed E-state index contributed by atoms with van der Waals surface area (Å²) >= 11 is 12.2. The number of ether oxygens (including phenoxy) is 3. The number of rotatable bonds is 10. The first-order chi connectivity index (χ1) is 19.5. The van der Waals surface area contributed by atoms with Crippen molar-refractivity contribution in [2.75, 3.05) is 13.7 Å². The first-order valence-corrected chi connectivity index (χ1v) is 13.5. The van der Waals surface area contributed by atoms with E-state index in [1.165, 1.54) is 19.4 Å². The summed E-state index contributed by atoms with van der Waals surface area (Å²) in [6.07, 6.45) is 0.303. The van der Waals surface area contributed by atoms with Crippen LogP contribution in [-0.2, 0) is 9.53 Å². The van der Waals surface area contributed by atoms with Gasteiger partial charge in [-0.1, -0.05) is 61.3 Å². The van der Waals surface area contributed by atoms with Gasteiger partial charge >= 0.3 is 6.16 Å². The van der Waals surface area contributed by atoms with Crippen LogP contribution in [0.3, 0.4) is 0 Å². The maximum absolute atomic E-state index is 13.6. The van der Waals surface area contributed by atoms with Crippen molar-refractivity contribution < 1.29 is 28.6 Å². The second-order valence-electron chi connectivity index (χ2n) is 9.17. The highest BCUT2D eigenvalue weighted by Crippen LogP contribution is 2.31. The molecule has 0 aliphatic heterocycles. The third-order valence-corrected chi connectivity index (χ3v) is 6.44. The number of hydrogen-bond donors (Lipinski definition) is 2. The molecule has 0 aliphatic carbocycles. The predicted octanol–water partition coefficient (Wildman–Crippen LogP) is 6.28. The van der Waals surface area contributed by atoms with E-state index in [1.807, 2.05) is 24.3 Å². The van der Waals surface area contributed by atoms with Crippen molar-refractivity contribution in [3.05, 3.63) is 93.4 Å². The number of aromatic nitrogens is 1. The maximum Gasteiger partial charge on any atom is 0.514 e. The minimum atomic E-state index is -1.02. The normalized spacial score (nSPS) is 11.3. The van der Waals surface area contributed by atoms with Gasteiger partial charge in [-0.05, 0) is 55.2 Å². The quantitative estimate of drug-likeness (QED) is 0.263. The average Bonchev–Trinajstić information content (AvgIpc) is 2.93. The van der Waals surface area contributed by atoms with E-state index in [-0.39, 0.29) is 29.7 Å². The summed E-state index contributed by atoms with van der Waals surface area (Å²) < 4.78 is 15.3. The fourth-order valence-electron chi connectivity index (χ4n) is 3.98. The van der Waals surface area contributed by atoms with E-state index in [0.717, 1.165) is 16.7 Å². The molecule has 0 spiro atoms. The number of methoxy groups -OCH3 is 1. The predicted molar refractivity (Wildman–Crippen MR) is 157 cm³/mol. The summed E-state index contributed by atoms with van der Waals surface area (Å²) in [6, 6.07) is 14.9. The Bertz CT molecular complexity index is 1380. The van der Waals surface area contributed by atoms with E-state index in [0.29, 0.717) is 15.7 Å². The van der Waals surface area contributed by atoms with E-state index < -0.39 is 24.0 Å². The Kier molecular flexibility index (Phi) is 11.1. The van der Waals surface area contributed by atoms with Gasteiger partial charge in [-0.2, -0.15) is 0 Å². The molecule has 3 aromatic rings. The number of carbonyl (C=O) groups is 3. The first-order valence-electron chi connectivity index (χ1n) is 12.8. The van der Waals surface area contributed by atoms with Gasteiger partial charge in [0.15, 0.2) is 11.4 Å². The second-order valence-corrected chi connectivity index (χ2v) is 10.0. The third-order valence-electron chi connectivity index (χ3n) is 5.94. The molecule has 0 radical (unpaired) electrons. The van der Waals surface area contributed by atoms with Crippen LogP contribution < -0.4 is 20.1 Å². The van der Waals surface area contributed by atoms with Gasteiger partial charge in [0.1, 0.15) is 6.04 Å². The zero-order valence-corrected chi connectivity index (χ0v) is 24.8. The zero-order chi connectivity index (χ0) is 30.1. The molecule has 2 N–H and O–H groups in total. The summed E-state index contributed by atoms with van der Waals surface area (Å²) in [5.41, 5.74) is 2.69. The monoisotopic (exact) mass is 599 g/mol. The molecule has 216 valence electrons. The van der Waals surface area contributed by atoms with Crippen LogP contribution in [0.4, 0.5) is 4.79 Å². The number of nitrogens with one attached hydrogen (secondary N) is 2. The number of nitrogens with zero attached hydrogens (tertiary/aromatic N) is 1. The second kappa shape index (κ2) is 14.5. The Morgan fingerprint density at radius 1 is 0.927 bits per heavy atom. The van der Waals surface area contributed by atoms with Crippen LogP contribution in [0.1, 0.15) is 49.3 Å². The number of allylic oxidation sites excluding steroid dienone is 1. The van der Waals surface area contributed by atoms with Gasteiger partial charge in [0.05, 0.1) is 13.7 Å². The fraction of sp³-hybridized carbons (Fsp3) is 0.267. The van der Waals surface area contributed by atoms with E-state index in [4.69, 9.17) is 37.4 Å². The van der Waals surface area contributed by atoms with E-state index in [9.17, 15) is 14.4 Å². The molecule has 0 saturated carbocycles. The lowest BCUT2D eigenvalue weighted by molar-refractivity contribution is -0.123. The lowest BCUT2D eigenvalue weighted by atomic mass is 9.95. The van der Waals surface area contributed by atoms with Gasteiger partial charge in [-0.15, -0.1) is 0 Å². The fourth-order valence-corrected chi connectivity index (χ4v) is 4.24. The SMILES string of the molecule is CCOC(=O)Oc1c(OC)ccnc1C(=O)N[C@H](C(=O)NC(C)=C(c1ccc(Cl)cc1)c1ccc(Cl)cc1)C(C)C. The summed E-state index contributed by atoms with van der Waals surface area (Å²) in [5, 5.41) is 6.80. The van der Waals surface area contributed by atoms with Crippen molar-refractivity contribution in [3.8, 4) is 11.5 Å². The zero-order valence-electron chi connectivity index (χ0n) is 23.3. The highest BCUT2D eigenvalue weighted by atomic mass is 35.5. The number of pyridine rings is 1. The van der Waals surface area contributed by atoms with Gasteiger partial charge in [0.2, 0.25) is 11.7 Å². The maximum atomic E-state index is 13.6. The molecule has 1 atom stereocenters. The van der Waals surface area contributed by atoms with Crippen molar-refractivity contribution >= 4 is 46.7 Å². The standard InChI is InChI=1S/C30H31Cl2N3O6/c1-6-40-30(38)41-27-23(39-5)15-16-33-26(27)29(37)35-25(17(2)3)28(36)34-18(4)24(19-7-11-21(31)12-8-19)20-9-13-22(32)14-10-20/h7-17,25H,6H2,1-5H3,(H,34,36)(H,35,37)/t25-/m0/s1. The minimum absolute atomic E-state index is 0.0689. The first kappa shape index (κ1) is 31.4. The van der Waals surface area contributed by atoms with Crippen LogP contribution in [0.15, 0.2) is 66.5 Å². The topological polar surface area (TPSA) is 116 Å². The molecule has 41 heavy (non-hydrogen) atoms. The van der Waals surface area contributed by atoms with Crippen molar-refractivity contribution in [1.29, 1.82) is 0 Å². The van der Waals surface area contributed by atoms with Crippen molar-refractivity contribution in [1.82, 2.24) is 15.6 Å². The summed E-state index contributed by atoms with van der Waals surface area (Å²) in [5.74, 6) is -1.64. The van der Waals surface area contributed by atoms with Crippen molar-refractivity contribution in [2.24, 2.45) is 5.92 Å². The molecular formula is C30H31Cl2N3O6. The largest absolute Gasteiger partial charge is 0.514 e. The van der Waals surface area contributed by atoms with Gasteiger partial charge in [0, 0.05) is 33.6 Å². The van der Waals surface area contributed by atoms with Gasteiger partial charge in [-0.25, -0.2) is 9.78 Å². The summed E-state index contributed by atoms with van der Waals surface area (Å²) in [7, 11) is 1.35. The molecule has 2 aromatic carbocycles. The number of amides is 2. The van der Waals surface area contributed by atoms with Gasteiger partial charge in [-0.3, -0.25) is 9.59 Å². The van der Waals surface area contributed by atoms with Gasteiger partial charge < -0.3 is 24.8 Å². The minimum Gasteiger partial charge on any atom is -0.493 e. The summed E-state index contributed by atoms with van der Waals surface area (Å²) in [6.45, 7) is 7.03. The molecule has 0 unspecified atom stereocenters. The van der Waals surface area contributed by atoms with Crippen LogP contribution in [-0.4, -0.2) is 42.7 Å². The Balaban J connectivity index is 1.93. The smallest absolute Gasteiger partial charge is 0.493 e. The Hall–Kier alpha value is -4.08. The molecule has 3 rings (SSSR count). The molecule has 11 heteroatoms. The van der Waals surface area contributed by atoms with E-state index in [2.05, 4.69) is 15.6 Å². The van der Waals surface area contributed by atoms with E-state index in [1.54, 1.807) is 52.0 Å². The molecule has 0 fully saturated rings. The lowest BCUT2D eigenvalue weighted by Crippen LogP contribution is -2.49. The number of benzene rings is 2. The van der Waals surface area contributed by atoms with Gasteiger partial charge in [0.25, 0.3) is 5.91 Å². The van der Waals surface area contributed by atoms with Crippen LogP contribution >= 0.6 is 23.2 Å².